The Morgan fingerprint density at radius 3 is 2.65 bits per heavy atom. The molecular weight excluding hydrogens is 460 g/mol. The Kier molecular flexibility index (Phi) is 4.12. The van der Waals surface area contributed by atoms with Crippen LogP contribution in [0.15, 0.2) is 45.5 Å². The highest BCUT2D eigenvalue weighted by Crippen LogP contribution is 2.43. The molecule has 0 bridgehead atoms. The van der Waals surface area contributed by atoms with Crippen LogP contribution in [0.1, 0.15) is 28.4 Å². The van der Waals surface area contributed by atoms with Crippen molar-refractivity contribution in [2.24, 2.45) is 0 Å². The second kappa shape index (κ2) is 6.21. The number of nitrogens with one attached hydrogen (secondary N) is 1. The summed E-state index contributed by atoms with van der Waals surface area (Å²) in [4.78, 5) is 24.6. The molecule has 0 aliphatic carbocycles. The van der Waals surface area contributed by atoms with E-state index in [-0.39, 0.29) is 11.8 Å². The molecule has 0 saturated carbocycles. The maximum absolute atomic E-state index is 12.6. The lowest BCUT2D eigenvalue weighted by Crippen LogP contribution is -2.04. The molecule has 0 spiro atoms. The summed E-state index contributed by atoms with van der Waals surface area (Å²) in [7, 11) is 0. The molecule has 0 radical (unpaired) electrons. The normalized spacial score (nSPS) is 14.8. The summed E-state index contributed by atoms with van der Waals surface area (Å²) in [5.41, 5.74) is 4.89. The molecule has 26 heavy (non-hydrogen) atoms. The van der Waals surface area contributed by atoms with Crippen LogP contribution in [0.3, 0.4) is 0 Å². The lowest BCUT2D eigenvalue weighted by molar-refractivity contribution is -0.110. The van der Waals surface area contributed by atoms with Crippen LogP contribution in [0.4, 0.5) is 5.69 Å². The monoisotopic (exact) mass is 472 g/mol. The van der Waals surface area contributed by atoms with Crippen LogP contribution in [0, 0.1) is 6.92 Å². The van der Waals surface area contributed by atoms with Gasteiger partial charge >= 0.3 is 0 Å². The molecule has 0 unspecified atom stereocenters. The van der Waals surface area contributed by atoms with Crippen molar-refractivity contribution in [3.63, 3.8) is 0 Å². The Bertz CT molecular complexity index is 1140. The van der Waals surface area contributed by atoms with E-state index in [0.717, 1.165) is 42.2 Å². The molecule has 1 aromatic heterocycles. The summed E-state index contributed by atoms with van der Waals surface area (Å²) in [5.74, 6) is -0.217. The lowest BCUT2D eigenvalue weighted by Gasteiger charge is -2.08. The number of hydrogen-bond donors (Lipinski definition) is 1. The number of carbonyl (C=O) groups excluding carboxylic acids is 2. The standard InChI is InChI=1S/C20H14Br2N2O2/c1-10-15(21)8-16(22)19-18(10)14(20(26)23-19)7-12-9-24(11(2)25)17-6-4-3-5-13(12)17/h3-9H,1-2H3,(H,23,26). The number of rotatable bonds is 1. The van der Waals surface area contributed by atoms with Gasteiger partial charge in [0.2, 0.25) is 5.91 Å². The Morgan fingerprint density at radius 2 is 1.92 bits per heavy atom. The van der Waals surface area contributed by atoms with Gasteiger partial charge in [-0.3, -0.25) is 14.2 Å². The average molecular weight is 474 g/mol. The largest absolute Gasteiger partial charge is 0.320 e. The van der Waals surface area contributed by atoms with Crippen molar-refractivity contribution in [2.45, 2.75) is 13.8 Å². The summed E-state index contributed by atoms with van der Waals surface area (Å²) < 4.78 is 3.36. The van der Waals surface area contributed by atoms with E-state index in [4.69, 9.17) is 0 Å². The number of aromatic nitrogens is 1. The molecule has 1 aliphatic heterocycles. The van der Waals surface area contributed by atoms with Crippen molar-refractivity contribution >= 4 is 71.9 Å². The molecule has 0 fully saturated rings. The molecule has 0 saturated heterocycles. The van der Waals surface area contributed by atoms with E-state index in [2.05, 4.69) is 37.2 Å². The van der Waals surface area contributed by atoms with E-state index in [9.17, 15) is 9.59 Å². The number of para-hydroxylation sites is 1. The summed E-state index contributed by atoms with van der Waals surface area (Å²) in [5, 5.41) is 3.87. The molecule has 1 aliphatic rings. The van der Waals surface area contributed by atoms with Crippen LogP contribution in [0.5, 0.6) is 0 Å². The van der Waals surface area contributed by atoms with Gasteiger partial charge in [0.25, 0.3) is 5.91 Å². The number of amides is 1. The van der Waals surface area contributed by atoms with Gasteiger partial charge in [-0.15, -0.1) is 0 Å². The number of fused-ring (bicyclic) bond motifs is 2. The third-order valence-corrected chi connectivity index (χ3v) is 6.06. The predicted octanol–water partition coefficient (Wildman–Crippen LogP) is 5.63. The first-order valence-corrected chi connectivity index (χ1v) is 9.60. The Morgan fingerprint density at radius 1 is 1.19 bits per heavy atom. The fourth-order valence-electron chi connectivity index (χ4n) is 3.35. The first-order valence-electron chi connectivity index (χ1n) is 8.01. The first kappa shape index (κ1) is 17.2. The van der Waals surface area contributed by atoms with Crippen molar-refractivity contribution in [2.75, 3.05) is 5.32 Å². The molecule has 0 atom stereocenters. The van der Waals surface area contributed by atoms with Crippen molar-refractivity contribution in [3.05, 3.63) is 62.2 Å². The van der Waals surface area contributed by atoms with Crippen molar-refractivity contribution in [3.8, 4) is 0 Å². The minimum Gasteiger partial charge on any atom is -0.320 e. The van der Waals surface area contributed by atoms with Gasteiger partial charge in [0.15, 0.2) is 0 Å². The number of benzene rings is 2. The second-order valence-electron chi connectivity index (χ2n) is 6.22. The quantitative estimate of drug-likeness (QED) is 0.466. The minimum absolute atomic E-state index is 0.0659. The summed E-state index contributed by atoms with van der Waals surface area (Å²) in [6, 6.07) is 9.61. The fourth-order valence-corrected chi connectivity index (χ4v) is 4.61. The maximum atomic E-state index is 12.6. The number of carbonyl (C=O) groups is 2. The molecule has 1 amide bonds. The fraction of sp³-hybridized carbons (Fsp3) is 0.100. The van der Waals surface area contributed by atoms with E-state index in [0.29, 0.717) is 5.57 Å². The van der Waals surface area contributed by atoms with Gasteiger partial charge in [0.1, 0.15) is 0 Å². The molecule has 2 heterocycles. The summed E-state index contributed by atoms with van der Waals surface area (Å²) in [6.45, 7) is 3.50. The number of halogens is 2. The number of hydrogen-bond acceptors (Lipinski definition) is 2. The van der Waals surface area contributed by atoms with Crippen LogP contribution >= 0.6 is 31.9 Å². The molecule has 130 valence electrons. The van der Waals surface area contributed by atoms with Crippen molar-refractivity contribution in [1.29, 1.82) is 0 Å². The zero-order chi connectivity index (χ0) is 18.6. The zero-order valence-electron chi connectivity index (χ0n) is 14.1. The van der Waals surface area contributed by atoms with Crippen LogP contribution in [-0.4, -0.2) is 16.4 Å². The SMILES string of the molecule is CC(=O)n1cc(C=C2C(=O)Nc3c(Br)cc(Br)c(C)c32)c2ccccc21. The third-order valence-electron chi connectivity index (χ3n) is 4.61. The van der Waals surface area contributed by atoms with E-state index in [1.54, 1.807) is 10.8 Å². The topological polar surface area (TPSA) is 51.1 Å². The van der Waals surface area contributed by atoms with E-state index in [1.165, 1.54) is 6.92 Å². The highest BCUT2D eigenvalue weighted by Gasteiger charge is 2.29. The van der Waals surface area contributed by atoms with E-state index in [1.807, 2.05) is 43.3 Å². The third kappa shape index (κ3) is 2.56. The van der Waals surface area contributed by atoms with Gasteiger partial charge in [-0.2, -0.15) is 0 Å². The van der Waals surface area contributed by atoms with Crippen LogP contribution < -0.4 is 5.32 Å². The Hall–Kier alpha value is -2.18. The minimum atomic E-state index is -0.151. The Labute approximate surface area is 167 Å². The van der Waals surface area contributed by atoms with Crippen molar-refractivity contribution in [1.82, 2.24) is 4.57 Å². The Balaban J connectivity index is 1.99. The van der Waals surface area contributed by atoms with Gasteiger partial charge in [-0.25, -0.2) is 0 Å². The van der Waals surface area contributed by atoms with Crippen LogP contribution in [-0.2, 0) is 4.79 Å². The number of nitrogens with zero attached hydrogens (tertiary/aromatic N) is 1. The maximum Gasteiger partial charge on any atom is 0.256 e. The summed E-state index contributed by atoms with van der Waals surface area (Å²) >= 11 is 7.07. The second-order valence-corrected chi connectivity index (χ2v) is 7.93. The molecule has 6 heteroatoms. The van der Waals surface area contributed by atoms with Crippen molar-refractivity contribution < 1.29 is 9.59 Å². The van der Waals surface area contributed by atoms with Crippen LogP contribution in [0.2, 0.25) is 0 Å². The molecule has 2 aromatic carbocycles. The molecule has 4 nitrogen and oxygen atoms in total. The van der Waals surface area contributed by atoms with Gasteiger partial charge in [-0.05, 0) is 46.6 Å². The van der Waals surface area contributed by atoms with Gasteiger partial charge < -0.3 is 5.32 Å². The average Bonchev–Trinajstić information content (AvgIpc) is 3.13. The van der Waals surface area contributed by atoms with Gasteiger partial charge in [-0.1, -0.05) is 34.1 Å². The van der Waals surface area contributed by atoms with Gasteiger partial charge in [0, 0.05) is 38.6 Å². The smallest absolute Gasteiger partial charge is 0.256 e. The lowest BCUT2D eigenvalue weighted by atomic mass is 9.99. The molecule has 4 rings (SSSR count). The highest BCUT2D eigenvalue weighted by atomic mass is 79.9. The predicted molar refractivity (Wildman–Crippen MR) is 111 cm³/mol. The molecule has 1 N–H and O–H groups in total. The van der Waals surface area contributed by atoms with Crippen LogP contribution in [0.25, 0.3) is 22.6 Å². The summed E-state index contributed by atoms with van der Waals surface area (Å²) in [6.07, 6.45) is 3.64. The highest BCUT2D eigenvalue weighted by molar-refractivity contribution is 9.11. The first-order chi connectivity index (χ1) is 12.4. The molecular formula is C20H14Br2N2O2. The van der Waals surface area contributed by atoms with Gasteiger partial charge in [0.05, 0.1) is 16.8 Å². The zero-order valence-corrected chi connectivity index (χ0v) is 17.2. The van der Waals surface area contributed by atoms with E-state index < -0.39 is 0 Å². The van der Waals surface area contributed by atoms with E-state index >= 15 is 0 Å². The molecule has 3 aromatic rings. The number of anilines is 1.